The Morgan fingerprint density at radius 3 is 3.33 bits per heavy atom. The molecule has 1 atom stereocenters. The number of aryl methyl sites for hydroxylation is 2. The van der Waals surface area contributed by atoms with Crippen molar-refractivity contribution in [2.75, 3.05) is 6.54 Å². The summed E-state index contributed by atoms with van der Waals surface area (Å²) in [6.45, 7) is 3.91. The summed E-state index contributed by atoms with van der Waals surface area (Å²) < 4.78 is 2.25. The van der Waals surface area contributed by atoms with E-state index in [9.17, 15) is 0 Å². The predicted molar refractivity (Wildman–Crippen MR) is 47.8 cm³/mol. The lowest BCUT2D eigenvalue weighted by molar-refractivity contribution is 0.373. The van der Waals surface area contributed by atoms with Crippen LogP contribution in [0.4, 0.5) is 0 Å². The molecule has 1 aromatic heterocycles. The molecule has 0 bridgehead atoms. The Morgan fingerprint density at radius 2 is 2.58 bits per heavy atom. The van der Waals surface area contributed by atoms with E-state index in [-0.39, 0.29) is 0 Å². The van der Waals surface area contributed by atoms with Crippen molar-refractivity contribution < 1.29 is 0 Å². The smallest absolute Gasteiger partial charge is 0.108 e. The molecule has 1 unspecified atom stereocenters. The molecular weight excluding hydrogens is 150 g/mol. The number of imidazole rings is 1. The van der Waals surface area contributed by atoms with E-state index in [0.717, 1.165) is 25.2 Å². The molecule has 0 saturated heterocycles. The molecule has 3 nitrogen and oxygen atoms in total. The fourth-order valence-electron chi connectivity index (χ4n) is 1.85. The molecule has 1 aliphatic heterocycles. The molecule has 2 N–H and O–H groups in total. The molecule has 2 rings (SSSR count). The Balaban J connectivity index is 2.22. The molecule has 0 aliphatic carbocycles. The molecule has 66 valence electrons. The topological polar surface area (TPSA) is 43.8 Å². The number of hydrogen-bond donors (Lipinski definition) is 1. The van der Waals surface area contributed by atoms with Crippen molar-refractivity contribution in [3.63, 3.8) is 0 Å². The van der Waals surface area contributed by atoms with E-state index in [2.05, 4.69) is 15.7 Å². The van der Waals surface area contributed by atoms with Crippen LogP contribution in [-0.4, -0.2) is 16.1 Å². The van der Waals surface area contributed by atoms with Gasteiger partial charge in [0.05, 0.1) is 5.69 Å². The van der Waals surface area contributed by atoms with Crippen molar-refractivity contribution in [1.82, 2.24) is 9.55 Å². The number of nitrogens with two attached hydrogens (primary N) is 1. The second-order valence-corrected chi connectivity index (χ2v) is 3.59. The minimum atomic E-state index is 0.658. The first kappa shape index (κ1) is 7.80. The zero-order chi connectivity index (χ0) is 8.55. The van der Waals surface area contributed by atoms with E-state index in [1.807, 2.05) is 6.92 Å². The van der Waals surface area contributed by atoms with Gasteiger partial charge in [0.25, 0.3) is 0 Å². The number of nitrogens with zero attached hydrogens (tertiary/aromatic N) is 2. The van der Waals surface area contributed by atoms with Crippen LogP contribution in [0.2, 0.25) is 0 Å². The minimum absolute atomic E-state index is 0.658. The summed E-state index contributed by atoms with van der Waals surface area (Å²) in [5.41, 5.74) is 6.76. The lowest BCUT2D eigenvalue weighted by Crippen LogP contribution is -2.25. The van der Waals surface area contributed by atoms with E-state index >= 15 is 0 Å². The highest BCUT2D eigenvalue weighted by Crippen LogP contribution is 2.18. The van der Waals surface area contributed by atoms with Crippen LogP contribution in [0.5, 0.6) is 0 Å². The predicted octanol–water partition coefficient (Wildman–Crippen LogP) is 0.713. The van der Waals surface area contributed by atoms with Gasteiger partial charge in [0.15, 0.2) is 0 Å². The van der Waals surface area contributed by atoms with Crippen molar-refractivity contribution in [3.8, 4) is 0 Å². The monoisotopic (exact) mass is 165 g/mol. The van der Waals surface area contributed by atoms with Crippen LogP contribution < -0.4 is 5.73 Å². The van der Waals surface area contributed by atoms with Gasteiger partial charge in [-0.15, -0.1) is 0 Å². The van der Waals surface area contributed by atoms with E-state index in [1.165, 1.54) is 12.2 Å². The second-order valence-electron chi connectivity index (χ2n) is 3.59. The maximum Gasteiger partial charge on any atom is 0.108 e. The molecule has 0 aromatic carbocycles. The van der Waals surface area contributed by atoms with Crippen LogP contribution in [0, 0.1) is 12.8 Å². The number of hydrogen-bond acceptors (Lipinski definition) is 2. The Labute approximate surface area is 72.6 Å². The van der Waals surface area contributed by atoms with E-state index in [0.29, 0.717) is 5.92 Å². The highest BCUT2D eigenvalue weighted by Gasteiger charge is 2.17. The van der Waals surface area contributed by atoms with Gasteiger partial charge in [-0.05, 0) is 25.8 Å². The summed E-state index contributed by atoms with van der Waals surface area (Å²) in [6.07, 6.45) is 4.42. The van der Waals surface area contributed by atoms with Crippen LogP contribution in [0.3, 0.4) is 0 Å². The van der Waals surface area contributed by atoms with Gasteiger partial charge in [0.1, 0.15) is 5.82 Å². The Morgan fingerprint density at radius 1 is 1.75 bits per heavy atom. The van der Waals surface area contributed by atoms with Crippen molar-refractivity contribution >= 4 is 0 Å². The molecule has 0 amide bonds. The normalized spacial score (nSPS) is 22.3. The lowest BCUT2D eigenvalue weighted by atomic mass is 10.00. The molecule has 12 heavy (non-hydrogen) atoms. The van der Waals surface area contributed by atoms with Crippen LogP contribution in [0.15, 0.2) is 6.20 Å². The van der Waals surface area contributed by atoms with Crippen molar-refractivity contribution in [2.24, 2.45) is 11.7 Å². The average molecular weight is 165 g/mol. The van der Waals surface area contributed by atoms with Crippen molar-refractivity contribution in [2.45, 2.75) is 26.3 Å². The molecule has 0 radical (unpaired) electrons. The first-order valence-electron chi connectivity index (χ1n) is 4.52. The van der Waals surface area contributed by atoms with Crippen molar-refractivity contribution in [1.29, 1.82) is 0 Å². The number of rotatable bonds is 1. The third-order valence-electron chi connectivity index (χ3n) is 2.54. The fraction of sp³-hybridized carbons (Fsp3) is 0.667. The first-order valence-corrected chi connectivity index (χ1v) is 4.52. The van der Waals surface area contributed by atoms with E-state index < -0.39 is 0 Å². The highest BCUT2D eigenvalue weighted by molar-refractivity contribution is 5.04. The third-order valence-corrected chi connectivity index (χ3v) is 2.54. The molecule has 1 aliphatic rings. The van der Waals surface area contributed by atoms with E-state index in [4.69, 9.17) is 5.73 Å². The van der Waals surface area contributed by atoms with Gasteiger partial charge in [-0.3, -0.25) is 0 Å². The van der Waals surface area contributed by atoms with Crippen LogP contribution in [0.25, 0.3) is 0 Å². The van der Waals surface area contributed by atoms with Gasteiger partial charge < -0.3 is 10.3 Å². The van der Waals surface area contributed by atoms with E-state index in [1.54, 1.807) is 0 Å². The Bertz CT molecular complexity index is 277. The SMILES string of the molecule is Cc1cn2c(n1)CCC(CN)C2. The molecule has 0 spiro atoms. The molecule has 3 heteroatoms. The standard InChI is InChI=1S/C9H15N3/c1-7-5-12-6-8(4-10)2-3-9(12)11-7/h5,8H,2-4,6,10H2,1H3. The highest BCUT2D eigenvalue weighted by atomic mass is 15.1. The largest absolute Gasteiger partial charge is 0.334 e. The second kappa shape index (κ2) is 2.90. The maximum absolute atomic E-state index is 5.63. The van der Waals surface area contributed by atoms with Crippen LogP contribution >= 0.6 is 0 Å². The molecule has 2 heterocycles. The Kier molecular flexibility index (Phi) is 1.89. The fourth-order valence-corrected chi connectivity index (χ4v) is 1.85. The number of aromatic nitrogens is 2. The summed E-state index contributed by atoms with van der Waals surface area (Å²) in [5.74, 6) is 1.89. The summed E-state index contributed by atoms with van der Waals surface area (Å²) in [4.78, 5) is 4.44. The molecule has 0 fully saturated rings. The quantitative estimate of drug-likeness (QED) is 0.666. The Hall–Kier alpha value is -0.830. The number of fused-ring (bicyclic) bond motifs is 1. The zero-order valence-electron chi connectivity index (χ0n) is 7.45. The summed E-state index contributed by atoms with van der Waals surface area (Å²) >= 11 is 0. The summed E-state index contributed by atoms with van der Waals surface area (Å²) in [7, 11) is 0. The molecule has 1 aromatic rings. The van der Waals surface area contributed by atoms with Crippen LogP contribution in [-0.2, 0) is 13.0 Å². The third kappa shape index (κ3) is 1.25. The molecular formula is C9H15N3. The summed E-state index contributed by atoms with van der Waals surface area (Å²) in [6, 6.07) is 0. The average Bonchev–Trinajstić information content (AvgIpc) is 2.43. The summed E-state index contributed by atoms with van der Waals surface area (Å²) in [5, 5.41) is 0. The lowest BCUT2D eigenvalue weighted by Gasteiger charge is -2.21. The molecule has 0 saturated carbocycles. The van der Waals surface area contributed by atoms with Gasteiger partial charge >= 0.3 is 0 Å². The first-order chi connectivity index (χ1) is 5.79. The maximum atomic E-state index is 5.63. The van der Waals surface area contributed by atoms with Gasteiger partial charge in [0.2, 0.25) is 0 Å². The van der Waals surface area contributed by atoms with Crippen LogP contribution in [0.1, 0.15) is 17.9 Å². The van der Waals surface area contributed by atoms with Gasteiger partial charge in [-0.2, -0.15) is 0 Å². The minimum Gasteiger partial charge on any atom is -0.334 e. The zero-order valence-corrected chi connectivity index (χ0v) is 7.45. The van der Waals surface area contributed by atoms with Gasteiger partial charge in [-0.25, -0.2) is 4.98 Å². The van der Waals surface area contributed by atoms with Gasteiger partial charge in [0, 0.05) is 19.2 Å². The van der Waals surface area contributed by atoms with Crippen molar-refractivity contribution in [3.05, 3.63) is 17.7 Å². The van der Waals surface area contributed by atoms with Gasteiger partial charge in [-0.1, -0.05) is 0 Å².